The molecule has 0 aliphatic carbocycles. The number of carbonyl (C=O) groups is 4. The van der Waals surface area contributed by atoms with Crippen molar-refractivity contribution in [3.8, 4) is 0 Å². The Balaban J connectivity index is 1.32. The molecule has 1 saturated heterocycles. The summed E-state index contributed by atoms with van der Waals surface area (Å²) in [4.78, 5) is 50.8. The minimum Gasteiger partial charge on any atom is -0.380 e. The van der Waals surface area contributed by atoms with Crippen LogP contribution in [0.4, 0.5) is 5.69 Å². The van der Waals surface area contributed by atoms with Gasteiger partial charge >= 0.3 is 0 Å². The van der Waals surface area contributed by atoms with Crippen molar-refractivity contribution in [2.24, 2.45) is 0 Å². The van der Waals surface area contributed by atoms with Gasteiger partial charge in [0.25, 0.3) is 11.8 Å². The minimum absolute atomic E-state index is 0.0852. The van der Waals surface area contributed by atoms with Crippen molar-refractivity contribution in [1.82, 2.24) is 20.0 Å². The Morgan fingerprint density at radius 1 is 0.970 bits per heavy atom. The van der Waals surface area contributed by atoms with E-state index >= 15 is 0 Å². The lowest BCUT2D eigenvalue weighted by Gasteiger charge is -2.27. The molecule has 1 unspecified atom stereocenters. The minimum atomic E-state index is -0.987. The highest BCUT2D eigenvalue weighted by Gasteiger charge is 2.45. The number of hydrogen-bond acceptors (Lipinski definition) is 6. The molecule has 9 nitrogen and oxygen atoms in total. The largest absolute Gasteiger partial charge is 0.380 e. The molecule has 0 spiro atoms. The quantitative estimate of drug-likeness (QED) is 0.563. The van der Waals surface area contributed by atoms with E-state index in [2.05, 4.69) is 15.7 Å². The first-order valence-electron chi connectivity index (χ1n) is 10.6. The molecule has 0 saturated carbocycles. The molecular weight excluding hydrogens is 422 g/mol. The van der Waals surface area contributed by atoms with Crippen LogP contribution in [0.1, 0.15) is 44.7 Å². The number of nitrogens with zero attached hydrogens (tertiary/aromatic N) is 3. The number of piperidine rings is 1. The molecular formula is C24H21N5O4. The van der Waals surface area contributed by atoms with E-state index in [-0.39, 0.29) is 24.0 Å². The fourth-order valence-corrected chi connectivity index (χ4v) is 4.21. The van der Waals surface area contributed by atoms with Crippen LogP contribution in [0, 0.1) is 0 Å². The van der Waals surface area contributed by atoms with E-state index in [0.29, 0.717) is 18.8 Å². The smallest absolute Gasteiger partial charge is 0.264 e. The molecule has 3 heterocycles. The Labute approximate surface area is 189 Å². The number of rotatable bonds is 6. The molecule has 3 aromatic rings. The number of benzene rings is 2. The third-order valence-corrected chi connectivity index (χ3v) is 5.83. The molecule has 0 radical (unpaired) electrons. The molecule has 9 heteroatoms. The van der Waals surface area contributed by atoms with E-state index in [1.54, 1.807) is 24.4 Å². The van der Waals surface area contributed by atoms with E-state index in [4.69, 9.17) is 0 Å². The lowest BCUT2D eigenvalue weighted by molar-refractivity contribution is -0.136. The number of fused-ring (bicyclic) bond motifs is 1. The molecule has 2 aromatic carbocycles. The zero-order chi connectivity index (χ0) is 22.9. The summed E-state index contributed by atoms with van der Waals surface area (Å²) in [5.41, 5.74) is 3.05. The molecule has 2 aliphatic heterocycles. The first-order chi connectivity index (χ1) is 16.0. The molecule has 33 heavy (non-hydrogen) atoms. The molecule has 2 aliphatic rings. The second-order valence-electron chi connectivity index (χ2n) is 8.06. The summed E-state index contributed by atoms with van der Waals surface area (Å²) in [7, 11) is 0. The fraction of sp³-hybridized carbons (Fsp3) is 0.208. The number of anilines is 1. The zero-order valence-electron chi connectivity index (χ0n) is 17.7. The Morgan fingerprint density at radius 3 is 2.58 bits per heavy atom. The van der Waals surface area contributed by atoms with Crippen LogP contribution in [0.2, 0.25) is 0 Å². The van der Waals surface area contributed by atoms with Gasteiger partial charge < -0.3 is 5.32 Å². The predicted molar refractivity (Wildman–Crippen MR) is 118 cm³/mol. The highest BCUT2D eigenvalue weighted by atomic mass is 16.2. The standard InChI is InChI=1S/C24H21N5O4/c30-20-10-9-19(22(31)27-20)29-23(32)17-7-4-8-18(21(17)24(29)33)25-11-16-12-26-28(14-16)13-15-5-2-1-3-6-15/h1-8,12,14,19,25H,9-11,13H2,(H,27,30,31). The predicted octanol–water partition coefficient (Wildman–Crippen LogP) is 1.94. The van der Waals surface area contributed by atoms with Crippen molar-refractivity contribution in [3.05, 3.63) is 83.2 Å². The van der Waals surface area contributed by atoms with Crippen LogP contribution < -0.4 is 10.6 Å². The first kappa shape index (κ1) is 20.6. The van der Waals surface area contributed by atoms with Gasteiger partial charge in [-0.05, 0) is 24.1 Å². The van der Waals surface area contributed by atoms with Gasteiger partial charge in [-0.25, -0.2) is 0 Å². The zero-order valence-corrected chi connectivity index (χ0v) is 17.7. The van der Waals surface area contributed by atoms with E-state index in [1.807, 2.05) is 41.2 Å². The fourth-order valence-electron chi connectivity index (χ4n) is 4.21. The van der Waals surface area contributed by atoms with Crippen molar-refractivity contribution in [1.29, 1.82) is 0 Å². The summed E-state index contributed by atoms with van der Waals surface area (Å²) in [5.74, 6) is -2.08. The third-order valence-electron chi connectivity index (χ3n) is 5.83. The number of hydrogen-bond donors (Lipinski definition) is 2. The second-order valence-corrected chi connectivity index (χ2v) is 8.06. The third kappa shape index (κ3) is 3.89. The molecule has 0 bridgehead atoms. The van der Waals surface area contributed by atoms with Crippen molar-refractivity contribution < 1.29 is 19.2 Å². The van der Waals surface area contributed by atoms with Crippen LogP contribution in [0.25, 0.3) is 0 Å². The summed E-state index contributed by atoms with van der Waals surface area (Å²) in [6, 6.07) is 14.0. The van der Waals surface area contributed by atoms with Gasteiger partial charge in [-0.1, -0.05) is 36.4 Å². The summed E-state index contributed by atoms with van der Waals surface area (Å²) >= 11 is 0. The van der Waals surface area contributed by atoms with Crippen LogP contribution in [-0.2, 0) is 22.7 Å². The van der Waals surface area contributed by atoms with Crippen LogP contribution >= 0.6 is 0 Å². The summed E-state index contributed by atoms with van der Waals surface area (Å²) in [5, 5.41) is 9.82. The average molecular weight is 443 g/mol. The monoisotopic (exact) mass is 443 g/mol. The highest BCUT2D eigenvalue weighted by molar-refractivity contribution is 6.25. The Kier molecular flexibility index (Phi) is 5.21. The number of imide groups is 2. The molecule has 2 N–H and O–H groups in total. The molecule has 166 valence electrons. The van der Waals surface area contributed by atoms with Crippen molar-refractivity contribution in [2.75, 3.05) is 5.32 Å². The summed E-state index contributed by atoms with van der Waals surface area (Å²) in [6.07, 6.45) is 3.88. The van der Waals surface area contributed by atoms with Crippen LogP contribution in [0.15, 0.2) is 60.9 Å². The van der Waals surface area contributed by atoms with E-state index in [0.717, 1.165) is 16.0 Å². The lowest BCUT2D eigenvalue weighted by atomic mass is 10.0. The molecule has 1 atom stereocenters. The molecule has 1 fully saturated rings. The maximum Gasteiger partial charge on any atom is 0.264 e. The van der Waals surface area contributed by atoms with Gasteiger partial charge in [-0.15, -0.1) is 0 Å². The van der Waals surface area contributed by atoms with Crippen LogP contribution in [-0.4, -0.2) is 44.4 Å². The van der Waals surface area contributed by atoms with Gasteiger partial charge in [0.2, 0.25) is 11.8 Å². The maximum absolute atomic E-state index is 13.2. The SMILES string of the molecule is O=C1CCC(N2C(=O)c3cccc(NCc4cnn(Cc5ccccc5)c4)c3C2=O)C(=O)N1. The van der Waals surface area contributed by atoms with E-state index in [1.165, 1.54) is 0 Å². The first-order valence-corrected chi connectivity index (χ1v) is 10.6. The maximum atomic E-state index is 13.2. The number of amides is 4. The van der Waals surface area contributed by atoms with Gasteiger partial charge in [-0.3, -0.25) is 34.1 Å². The Morgan fingerprint density at radius 2 is 1.79 bits per heavy atom. The molecule has 5 rings (SSSR count). The summed E-state index contributed by atoms with van der Waals surface area (Å²) in [6.45, 7) is 1.06. The van der Waals surface area contributed by atoms with Gasteiger partial charge in [0.15, 0.2) is 0 Å². The van der Waals surface area contributed by atoms with E-state index < -0.39 is 29.7 Å². The Hall–Kier alpha value is -4.27. The van der Waals surface area contributed by atoms with Crippen LogP contribution in [0.3, 0.4) is 0 Å². The Bertz CT molecular complexity index is 1270. The number of carbonyl (C=O) groups excluding carboxylic acids is 4. The second kappa shape index (κ2) is 8.34. The number of aromatic nitrogens is 2. The molecule has 1 aromatic heterocycles. The van der Waals surface area contributed by atoms with Crippen LogP contribution in [0.5, 0.6) is 0 Å². The van der Waals surface area contributed by atoms with Crippen molar-refractivity contribution in [2.45, 2.75) is 32.0 Å². The van der Waals surface area contributed by atoms with Gasteiger partial charge in [-0.2, -0.15) is 5.10 Å². The normalized spacial score (nSPS) is 17.8. The molecule has 4 amide bonds. The van der Waals surface area contributed by atoms with Crippen molar-refractivity contribution in [3.63, 3.8) is 0 Å². The topological polar surface area (TPSA) is 113 Å². The van der Waals surface area contributed by atoms with Crippen molar-refractivity contribution >= 4 is 29.3 Å². The highest BCUT2D eigenvalue weighted by Crippen LogP contribution is 2.32. The van der Waals surface area contributed by atoms with Gasteiger partial charge in [0, 0.05) is 30.4 Å². The summed E-state index contributed by atoms with van der Waals surface area (Å²) < 4.78 is 1.83. The lowest BCUT2D eigenvalue weighted by Crippen LogP contribution is -2.54. The van der Waals surface area contributed by atoms with Gasteiger partial charge in [0.1, 0.15) is 6.04 Å². The van der Waals surface area contributed by atoms with E-state index in [9.17, 15) is 19.2 Å². The number of nitrogens with one attached hydrogen (secondary N) is 2. The van der Waals surface area contributed by atoms with Gasteiger partial charge in [0.05, 0.1) is 23.9 Å². The average Bonchev–Trinajstić information content (AvgIpc) is 3.36.